The summed E-state index contributed by atoms with van der Waals surface area (Å²) in [5.74, 6) is 0. The zero-order valence-corrected chi connectivity index (χ0v) is 10.4. The second-order valence-electron chi connectivity index (χ2n) is 3.89. The van der Waals surface area contributed by atoms with Gasteiger partial charge in [-0.1, -0.05) is 29.3 Å². The first-order valence-electron chi connectivity index (χ1n) is 5.21. The zero-order chi connectivity index (χ0) is 11.5. The van der Waals surface area contributed by atoms with Gasteiger partial charge in [-0.2, -0.15) is 0 Å². The Morgan fingerprint density at radius 2 is 2.25 bits per heavy atom. The van der Waals surface area contributed by atoms with Crippen LogP contribution in [0.2, 0.25) is 10.0 Å². The van der Waals surface area contributed by atoms with Crippen LogP contribution in [0.5, 0.6) is 0 Å². The number of hydrogen-bond acceptors (Lipinski definition) is 2. The predicted molar refractivity (Wildman–Crippen MR) is 66.6 cm³/mol. The van der Waals surface area contributed by atoms with Crippen LogP contribution in [-0.2, 0) is 11.2 Å². The van der Waals surface area contributed by atoms with Crippen molar-refractivity contribution in [1.82, 2.24) is 0 Å². The number of hydrogen-bond donors (Lipinski definition) is 0. The van der Waals surface area contributed by atoms with Crippen LogP contribution in [0.3, 0.4) is 0 Å². The maximum Gasteiger partial charge on any atom is 0.273 e. The molecule has 2 rings (SSSR count). The predicted octanol–water partition coefficient (Wildman–Crippen LogP) is 3.62. The van der Waals surface area contributed by atoms with Crippen LogP contribution in [0.1, 0.15) is 18.9 Å². The van der Waals surface area contributed by atoms with Crippen LogP contribution in [-0.4, -0.2) is 18.5 Å². The Kier molecular flexibility index (Phi) is 3.72. The van der Waals surface area contributed by atoms with Gasteiger partial charge in [0.25, 0.3) is 6.40 Å². The van der Waals surface area contributed by atoms with Gasteiger partial charge in [0.05, 0.1) is 6.04 Å². The van der Waals surface area contributed by atoms with E-state index in [0.717, 1.165) is 18.4 Å². The minimum Gasteiger partial charge on any atom is -0.468 e. The SMILES string of the molecule is CC1N=[C]OC1CCc1ccc(Cl)cc1Cl. The number of ether oxygens (including phenoxy) is 1. The van der Waals surface area contributed by atoms with Crippen molar-refractivity contribution in [2.45, 2.75) is 31.9 Å². The minimum atomic E-state index is 0.117. The summed E-state index contributed by atoms with van der Waals surface area (Å²) >= 11 is 11.9. The van der Waals surface area contributed by atoms with Crippen molar-refractivity contribution in [2.75, 3.05) is 0 Å². The molecule has 0 spiro atoms. The molecule has 0 amide bonds. The number of nitrogens with zero attached hydrogens (tertiary/aromatic N) is 1. The van der Waals surface area contributed by atoms with Crippen LogP contribution in [0.4, 0.5) is 0 Å². The van der Waals surface area contributed by atoms with E-state index >= 15 is 0 Å². The molecule has 1 aromatic rings. The van der Waals surface area contributed by atoms with Gasteiger partial charge in [0.2, 0.25) is 0 Å². The van der Waals surface area contributed by atoms with Crippen molar-refractivity contribution in [1.29, 1.82) is 0 Å². The molecule has 1 aromatic carbocycles. The topological polar surface area (TPSA) is 21.6 Å². The molecule has 0 aromatic heterocycles. The Labute approximate surface area is 105 Å². The lowest BCUT2D eigenvalue weighted by Gasteiger charge is -2.13. The number of aliphatic imine (C=N–C) groups is 1. The summed E-state index contributed by atoms with van der Waals surface area (Å²) in [6.45, 7) is 2.02. The van der Waals surface area contributed by atoms with E-state index in [1.165, 1.54) is 0 Å². The minimum absolute atomic E-state index is 0.117. The summed E-state index contributed by atoms with van der Waals surface area (Å²) in [4.78, 5) is 4.04. The van der Waals surface area contributed by atoms with Crippen LogP contribution < -0.4 is 0 Å². The van der Waals surface area contributed by atoms with Gasteiger partial charge in [-0.15, -0.1) is 0 Å². The van der Waals surface area contributed by atoms with Gasteiger partial charge in [0.1, 0.15) is 6.10 Å². The first-order valence-corrected chi connectivity index (χ1v) is 5.97. The van der Waals surface area contributed by atoms with Crippen molar-refractivity contribution in [2.24, 2.45) is 4.99 Å². The molecule has 16 heavy (non-hydrogen) atoms. The Morgan fingerprint density at radius 1 is 1.44 bits per heavy atom. The number of benzene rings is 1. The van der Waals surface area contributed by atoms with Gasteiger partial charge in [-0.25, -0.2) is 4.99 Å². The second kappa shape index (κ2) is 5.07. The van der Waals surface area contributed by atoms with Gasteiger partial charge in [-0.3, -0.25) is 0 Å². The molecule has 0 aliphatic carbocycles. The van der Waals surface area contributed by atoms with Gasteiger partial charge >= 0.3 is 0 Å². The molecule has 1 radical (unpaired) electrons. The quantitative estimate of drug-likeness (QED) is 0.810. The maximum atomic E-state index is 6.09. The fraction of sp³-hybridized carbons (Fsp3) is 0.417. The Hall–Kier alpha value is -0.730. The van der Waals surface area contributed by atoms with Crippen molar-refractivity contribution in [3.8, 4) is 0 Å². The van der Waals surface area contributed by atoms with E-state index in [1.54, 1.807) is 6.07 Å². The number of rotatable bonds is 3. The summed E-state index contributed by atoms with van der Waals surface area (Å²) < 4.78 is 5.26. The molecule has 85 valence electrons. The lowest BCUT2D eigenvalue weighted by atomic mass is 10.0. The fourth-order valence-corrected chi connectivity index (χ4v) is 2.19. The summed E-state index contributed by atoms with van der Waals surface area (Å²) in [5, 5.41) is 1.37. The third-order valence-electron chi connectivity index (χ3n) is 2.71. The molecule has 2 unspecified atom stereocenters. The molecule has 1 heterocycles. The van der Waals surface area contributed by atoms with Gasteiger partial charge in [-0.05, 0) is 37.5 Å². The van der Waals surface area contributed by atoms with Gasteiger partial charge in [0.15, 0.2) is 0 Å². The molecule has 2 atom stereocenters. The average Bonchev–Trinajstić information content (AvgIpc) is 2.63. The van der Waals surface area contributed by atoms with E-state index in [-0.39, 0.29) is 12.1 Å². The van der Waals surface area contributed by atoms with E-state index in [2.05, 4.69) is 11.4 Å². The van der Waals surface area contributed by atoms with Crippen molar-refractivity contribution >= 4 is 29.6 Å². The van der Waals surface area contributed by atoms with E-state index in [1.807, 2.05) is 19.1 Å². The third-order valence-corrected chi connectivity index (χ3v) is 3.30. The highest BCUT2D eigenvalue weighted by atomic mass is 35.5. The molecule has 0 saturated carbocycles. The molecule has 0 saturated heterocycles. The average molecular weight is 257 g/mol. The van der Waals surface area contributed by atoms with Crippen LogP contribution in [0.25, 0.3) is 0 Å². The summed E-state index contributed by atoms with van der Waals surface area (Å²) in [7, 11) is 0. The first kappa shape index (κ1) is 11.7. The number of halogens is 2. The van der Waals surface area contributed by atoms with E-state index < -0.39 is 0 Å². The molecule has 4 heteroatoms. The smallest absolute Gasteiger partial charge is 0.273 e. The fourth-order valence-electron chi connectivity index (χ4n) is 1.69. The molecular weight excluding hydrogens is 245 g/mol. The Morgan fingerprint density at radius 3 is 2.88 bits per heavy atom. The Bertz CT molecular complexity index is 406. The van der Waals surface area contributed by atoms with Crippen LogP contribution >= 0.6 is 23.2 Å². The lowest BCUT2D eigenvalue weighted by molar-refractivity contribution is 0.195. The Balaban J connectivity index is 1.94. The molecule has 2 nitrogen and oxygen atoms in total. The second-order valence-corrected chi connectivity index (χ2v) is 4.74. The first-order chi connectivity index (χ1) is 7.66. The largest absolute Gasteiger partial charge is 0.468 e. The van der Waals surface area contributed by atoms with E-state index in [0.29, 0.717) is 10.0 Å². The monoisotopic (exact) mass is 256 g/mol. The highest BCUT2D eigenvalue weighted by Crippen LogP contribution is 2.24. The molecular formula is C12H12Cl2NO. The van der Waals surface area contributed by atoms with Crippen LogP contribution in [0.15, 0.2) is 23.2 Å². The van der Waals surface area contributed by atoms with Gasteiger partial charge in [0, 0.05) is 10.0 Å². The summed E-state index contributed by atoms with van der Waals surface area (Å²) in [6, 6.07) is 5.75. The lowest BCUT2D eigenvalue weighted by Crippen LogP contribution is -2.19. The van der Waals surface area contributed by atoms with Crippen molar-refractivity contribution < 1.29 is 4.74 Å². The van der Waals surface area contributed by atoms with Crippen LogP contribution in [0, 0.1) is 0 Å². The van der Waals surface area contributed by atoms with Crippen molar-refractivity contribution in [3.63, 3.8) is 0 Å². The molecule has 0 N–H and O–H groups in total. The maximum absolute atomic E-state index is 6.09. The molecule has 0 bridgehead atoms. The molecule has 0 fully saturated rings. The van der Waals surface area contributed by atoms with E-state index in [4.69, 9.17) is 27.9 Å². The third kappa shape index (κ3) is 2.69. The highest BCUT2D eigenvalue weighted by molar-refractivity contribution is 6.35. The van der Waals surface area contributed by atoms with Crippen molar-refractivity contribution in [3.05, 3.63) is 33.8 Å². The van der Waals surface area contributed by atoms with E-state index in [9.17, 15) is 0 Å². The summed E-state index contributed by atoms with van der Waals surface area (Å²) in [5.41, 5.74) is 1.09. The highest BCUT2D eigenvalue weighted by Gasteiger charge is 2.22. The normalized spacial score (nSPS) is 23.4. The zero-order valence-electron chi connectivity index (χ0n) is 8.91. The molecule has 1 aliphatic rings. The van der Waals surface area contributed by atoms with Gasteiger partial charge < -0.3 is 4.74 Å². The number of aryl methyl sites for hydroxylation is 1. The molecule has 1 aliphatic heterocycles. The standard InChI is InChI=1S/C12H12Cl2NO/c1-8-12(16-7-15-8)5-3-9-2-4-10(13)6-11(9)14/h2,4,6,8,12H,3,5H2,1H3. The summed E-state index contributed by atoms with van der Waals surface area (Å²) in [6.07, 6.45) is 4.42.